The van der Waals surface area contributed by atoms with Crippen LogP contribution < -0.4 is 0 Å². The van der Waals surface area contributed by atoms with Crippen molar-refractivity contribution in [1.82, 2.24) is 9.55 Å². The number of aliphatic hydroxyl groups excluding tert-OH is 1. The van der Waals surface area contributed by atoms with Gasteiger partial charge in [-0.05, 0) is 25.3 Å². The van der Waals surface area contributed by atoms with Crippen LogP contribution in [-0.2, 0) is 13.0 Å². The molecule has 3 rings (SSSR count). The number of aromatic nitrogens is 2. The molecule has 1 aliphatic rings. The molecule has 4 heteroatoms. The number of fused-ring (bicyclic) bond motifs is 1. The summed E-state index contributed by atoms with van der Waals surface area (Å²) in [6.45, 7) is 2.64. The zero-order valence-electron chi connectivity index (χ0n) is 10.2. The average Bonchev–Trinajstić information content (AvgIpc) is 2.67. The Bertz CT molecular complexity index is 591. The second-order valence-corrected chi connectivity index (χ2v) is 5.15. The van der Waals surface area contributed by atoms with Crippen LogP contribution in [0.1, 0.15) is 17.7 Å². The first-order chi connectivity index (χ1) is 8.66. The number of rotatable bonds is 1. The van der Waals surface area contributed by atoms with Crippen molar-refractivity contribution in [1.29, 1.82) is 0 Å². The van der Waals surface area contributed by atoms with Crippen LogP contribution in [0.3, 0.4) is 0 Å². The molecule has 1 atom stereocenters. The molecule has 1 aliphatic heterocycles. The molecule has 3 nitrogen and oxygen atoms in total. The van der Waals surface area contributed by atoms with Crippen LogP contribution in [0, 0.1) is 6.92 Å². The number of aliphatic hydroxyl groups is 1. The van der Waals surface area contributed by atoms with E-state index in [1.165, 1.54) is 5.56 Å². The zero-order valence-corrected chi connectivity index (χ0v) is 11.0. The summed E-state index contributed by atoms with van der Waals surface area (Å²) in [4.78, 5) is 4.48. The third-order valence-corrected chi connectivity index (χ3v) is 3.82. The van der Waals surface area contributed by atoms with Gasteiger partial charge in [-0.25, -0.2) is 4.98 Å². The highest BCUT2D eigenvalue weighted by Crippen LogP contribution is 2.31. The highest BCUT2D eigenvalue weighted by atomic mass is 35.5. The lowest BCUT2D eigenvalue weighted by Gasteiger charge is -2.22. The van der Waals surface area contributed by atoms with Gasteiger partial charge in [0.25, 0.3) is 0 Å². The van der Waals surface area contributed by atoms with E-state index in [1.54, 1.807) is 0 Å². The van der Waals surface area contributed by atoms with Crippen molar-refractivity contribution in [3.63, 3.8) is 0 Å². The standard InChI is InChI=1S/C14H15ClN2O/c1-9-4-2-3-5-11(9)14-16-13(15)12-7-6-10(18)8-17(12)14/h2-5,10,18H,6-8H2,1H3. The Morgan fingerprint density at radius 2 is 2.17 bits per heavy atom. The first kappa shape index (κ1) is 11.8. The summed E-state index contributed by atoms with van der Waals surface area (Å²) in [5.41, 5.74) is 3.29. The second kappa shape index (κ2) is 4.41. The van der Waals surface area contributed by atoms with Gasteiger partial charge in [-0.3, -0.25) is 0 Å². The van der Waals surface area contributed by atoms with E-state index in [2.05, 4.69) is 22.5 Å². The Morgan fingerprint density at radius 3 is 2.94 bits per heavy atom. The Kier molecular flexibility index (Phi) is 2.88. The summed E-state index contributed by atoms with van der Waals surface area (Å²) >= 11 is 6.20. The average molecular weight is 263 g/mol. The van der Waals surface area contributed by atoms with Gasteiger partial charge in [-0.1, -0.05) is 35.9 Å². The Morgan fingerprint density at radius 1 is 1.39 bits per heavy atom. The number of nitrogens with zero attached hydrogens (tertiary/aromatic N) is 2. The first-order valence-corrected chi connectivity index (χ1v) is 6.53. The van der Waals surface area contributed by atoms with Crippen LogP contribution in [0.15, 0.2) is 24.3 Å². The van der Waals surface area contributed by atoms with E-state index in [0.717, 1.165) is 29.9 Å². The first-order valence-electron chi connectivity index (χ1n) is 6.16. The summed E-state index contributed by atoms with van der Waals surface area (Å²) in [5, 5.41) is 10.4. The molecule has 94 valence electrons. The monoisotopic (exact) mass is 262 g/mol. The highest BCUT2D eigenvalue weighted by molar-refractivity contribution is 6.30. The molecule has 0 saturated carbocycles. The van der Waals surface area contributed by atoms with Crippen LogP contribution >= 0.6 is 11.6 Å². The number of aryl methyl sites for hydroxylation is 1. The van der Waals surface area contributed by atoms with Crippen LogP contribution in [0.2, 0.25) is 5.15 Å². The van der Waals surface area contributed by atoms with Crippen molar-refractivity contribution in [2.45, 2.75) is 32.4 Å². The van der Waals surface area contributed by atoms with Crippen LogP contribution in [0.4, 0.5) is 0 Å². The molecular formula is C14H15ClN2O. The minimum atomic E-state index is -0.300. The molecule has 0 bridgehead atoms. The largest absolute Gasteiger partial charge is 0.391 e. The van der Waals surface area contributed by atoms with Crippen molar-refractivity contribution in [3.05, 3.63) is 40.7 Å². The molecule has 0 aliphatic carbocycles. The van der Waals surface area contributed by atoms with Crippen molar-refractivity contribution < 1.29 is 5.11 Å². The third kappa shape index (κ3) is 1.84. The Labute approximate surface area is 111 Å². The lowest BCUT2D eigenvalue weighted by Crippen LogP contribution is -2.24. The summed E-state index contributed by atoms with van der Waals surface area (Å²) < 4.78 is 2.05. The van der Waals surface area contributed by atoms with Crippen molar-refractivity contribution in [3.8, 4) is 11.4 Å². The molecular weight excluding hydrogens is 248 g/mol. The maximum atomic E-state index is 9.81. The number of imidazole rings is 1. The third-order valence-electron chi connectivity index (χ3n) is 3.52. The molecule has 0 saturated heterocycles. The molecule has 0 amide bonds. The Balaban J connectivity index is 2.17. The molecule has 2 aromatic rings. The predicted molar refractivity (Wildman–Crippen MR) is 71.7 cm³/mol. The highest BCUT2D eigenvalue weighted by Gasteiger charge is 2.24. The summed E-state index contributed by atoms with van der Waals surface area (Å²) in [6, 6.07) is 8.11. The van der Waals surface area contributed by atoms with E-state index < -0.39 is 0 Å². The molecule has 0 spiro atoms. The summed E-state index contributed by atoms with van der Waals surface area (Å²) in [6.07, 6.45) is 1.25. The predicted octanol–water partition coefficient (Wildman–Crippen LogP) is 2.82. The molecule has 1 aromatic heterocycles. The van der Waals surface area contributed by atoms with Gasteiger partial charge in [0, 0.05) is 5.56 Å². The topological polar surface area (TPSA) is 38.0 Å². The molecule has 0 radical (unpaired) electrons. The fraction of sp³-hybridized carbons (Fsp3) is 0.357. The fourth-order valence-corrected chi connectivity index (χ4v) is 2.80. The van der Waals surface area contributed by atoms with Gasteiger partial charge < -0.3 is 9.67 Å². The van der Waals surface area contributed by atoms with Gasteiger partial charge in [0.1, 0.15) is 5.82 Å². The number of halogens is 1. The lowest BCUT2D eigenvalue weighted by molar-refractivity contribution is 0.132. The van der Waals surface area contributed by atoms with E-state index in [-0.39, 0.29) is 6.10 Å². The van der Waals surface area contributed by atoms with E-state index in [4.69, 9.17) is 11.6 Å². The van der Waals surface area contributed by atoms with E-state index >= 15 is 0 Å². The van der Waals surface area contributed by atoms with Crippen LogP contribution in [0.25, 0.3) is 11.4 Å². The number of hydrogen-bond donors (Lipinski definition) is 1. The molecule has 1 aromatic carbocycles. The lowest BCUT2D eigenvalue weighted by atomic mass is 10.1. The minimum Gasteiger partial charge on any atom is -0.391 e. The molecule has 1 unspecified atom stereocenters. The second-order valence-electron chi connectivity index (χ2n) is 4.79. The summed E-state index contributed by atoms with van der Waals surface area (Å²) in [5.74, 6) is 0.867. The fourth-order valence-electron chi connectivity index (χ4n) is 2.53. The number of hydrogen-bond acceptors (Lipinski definition) is 2. The SMILES string of the molecule is Cc1ccccc1-c1nc(Cl)c2n1CC(O)CC2. The molecule has 2 heterocycles. The maximum Gasteiger partial charge on any atom is 0.150 e. The van der Waals surface area contributed by atoms with Gasteiger partial charge in [0.15, 0.2) is 5.15 Å². The van der Waals surface area contributed by atoms with Crippen molar-refractivity contribution in [2.75, 3.05) is 0 Å². The minimum absolute atomic E-state index is 0.300. The van der Waals surface area contributed by atoms with Crippen molar-refractivity contribution >= 4 is 11.6 Å². The van der Waals surface area contributed by atoms with E-state index in [1.807, 2.05) is 18.2 Å². The van der Waals surface area contributed by atoms with E-state index in [9.17, 15) is 5.11 Å². The van der Waals surface area contributed by atoms with Crippen LogP contribution in [-0.4, -0.2) is 20.8 Å². The Hall–Kier alpha value is -1.32. The summed E-state index contributed by atoms with van der Waals surface area (Å²) in [7, 11) is 0. The molecule has 1 N–H and O–H groups in total. The molecule has 0 fully saturated rings. The van der Waals surface area contributed by atoms with Gasteiger partial charge in [0.05, 0.1) is 18.3 Å². The zero-order chi connectivity index (χ0) is 12.7. The van der Waals surface area contributed by atoms with Gasteiger partial charge in [-0.15, -0.1) is 0 Å². The molecule has 18 heavy (non-hydrogen) atoms. The quantitative estimate of drug-likeness (QED) is 0.858. The van der Waals surface area contributed by atoms with Crippen molar-refractivity contribution in [2.24, 2.45) is 0 Å². The number of benzene rings is 1. The smallest absolute Gasteiger partial charge is 0.150 e. The van der Waals surface area contributed by atoms with Gasteiger partial charge in [-0.2, -0.15) is 0 Å². The maximum absolute atomic E-state index is 9.81. The van der Waals surface area contributed by atoms with E-state index in [0.29, 0.717) is 11.7 Å². The van der Waals surface area contributed by atoms with Crippen LogP contribution in [0.5, 0.6) is 0 Å². The normalized spacial score (nSPS) is 18.7. The van der Waals surface area contributed by atoms with Gasteiger partial charge >= 0.3 is 0 Å². The van der Waals surface area contributed by atoms with Gasteiger partial charge in [0.2, 0.25) is 0 Å².